The molecular formula is C18H22FN. The number of hydrogen-bond donors (Lipinski definition) is 1. The Labute approximate surface area is 120 Å². The Morgan fingerprint density at radius 2 is 1.55 bits per heavy atom. The van der Waals surface area contributed by atoms with E-state index < -0.39 is 0 Å². The largest absolute Gasteiger partial charge is 0.310 e. The van der Waals surface area contributed by atoms with Crippen molar-refractivity contribution >= 4 is 0 Å². The first-order valence-corrected chi connectivity index (χ1v) is 7.20. The molecule has 106 valence electrons. The second kappa shape index (κ2) is 7.20. The Morgan fingerprint density at radius 3 is 2.20 bits per heavy atom. The second-order valence-electron chi connectivity index (χ2n) is 5.33. The van der Waals surface area contributed by atoms with E-state index in [2.05, 4.69) is 43.4 Å². The van der Waals surface area contributed by atoms with Gasteiger partial charge in [-0.15, -0.1) is 0 Å². The zero-order valence-electron chi connectivity index (χ0n) is 12.1. The predicted octanol–water partition coefficient (Wildman–Crippen LogP) is 4.67. The summed E-state index contributed by atoms with van der Waals surface area (Å²) in [6.45, 7) is 5.31. The molecule has 0 aromatic heterocycles. The molecule has 0 saturated carbocycles. The lowest BCUT2D eigenvalue weighted by Crippen LogP contribution is -2.21. The highest BCUT2D eigenvalue weighted by Gasteiger charge is 2.07. The summed E-state index contributed by atoms with van der Waals surface area (Å²) in [7, 11) is 0. The van der Waals surface area contributed by atoms with E-state index in [4.69, 9.17) is 0 Å². The minimum absolute atomic E-state index is 0.182. The highest BCUT2D eigenvalue weighted by atomic mass is 19.1. The molecule has 2 atom stereocenters. The first-order valence-electron chi connectivity index (χ1n) is 7.20. The fourth-order valence-electron chi connectivity index (χ4n) is 2.33. The van der Waals surface area contributed by atoms with Crippen LogP contribution in [0, 0.1) is 5.82 Å². The normalized spacial score (nSPS) is 13.9. The standard InChI is InChI=1S/C18H22FN/c1-14(16-6-4-3-5-7-16)12-13-20-15(2)17-8-10-18(19)11-9-17/h3-11,14-15,20H,12-13H2,1-2H3. The minimum atomic E-state index is -0.182. The molecule has 20 heavy (non-hydrogen) atoms. The molecule has 2 heteroatoms. The van der Waals surface area contributed by atoms with Crippen LogP contribution in [0.5, 0.6) is 0 Å². The van der Waals surface area contributed by atoms with Crippen LogP contribution in [0.4, 0.5) is 4.39 Å². The summed E-state index contributed by atoms with van der Waals surface area (Å²) in [5.74, 6) is 0.364. The summed E-state index contributed by atoms with van der Waals surface area (Å²) >= 11 is 0. The van der Waals surface area contributed by atoms with Crippen LogP contribution < -0.4 is 5.32 Å². The summed E-state index contributed by atoms with van der Waals surface area (Å²) in [4.78, 5) is 0. The predicted molar refractivity (Wildman–Crippen MR) is 82.3 cm³/mol. The fourth-order valence-corrected chi connectivity index (χ4v) is 2.33. The third-order valence-electron chi connectivity index (χ3n) is 3.77. The van der Waals surface area contributed by atoms with Gasteiger partial charge in [-0.1, -0.05) is 49.4 Å². The second-order valence-corrected chi connectivity index (χ2v) is 5.33. The average molecular weight is 271 g/mol. The van der Waals surface area contributed by atoms with Gasteiger partial charge >= 0.3 is 0 Å². The maximum atomic E-state index is 12.9. The van der Waals surface area contributed by atoms with Crippen LogP contribution in [-0.4, -0.2) is 6.54 Å². The van der Waals surface area contributed by atoms with Crippen molar-refractivity contribution < 1.29 is 4.39 Å². The van der Waals surface area contributed by atoms with E-state index in [0.717, 1.165) is 18.5 Å². The van der Waals surface area contributed by atoms with Crippen LogP contribution in [0.3, 0.4) is 0 Å². The number of benzene rings is 2. The number of rotatable bonds is 6. The van der Waals surface area contributed by atoms with Crippen molar-refractivity contribution in [3.63, 3.8) is 0 Å². The molecule has 2 aromatic carbocycles. The molecule has 0 aliphatic carbocycles. The Hall–Kier alpha value is -1.67. The molecule has 2 aromatic rings. The van der Waals surface area contributed by atoms with Gasteiger partial charge in [0.05, 0.1) is 0 Å². The molecule has 0 bridgehead atoms. The van der Waals surface area contributed by atoms with E-state index in [1.165, 1.54) is 17.7 Å². The van der Waals surface area contributed by atoms with Gasteiger partial charge in [0.25, 0.3) is 0 Å². The first kappa shape index (κ1) is 14.7. The Morgan fingerprint density at radius 1 is 0.900 bits per heavy atom. The molecule has 0 saturated heterocycles. The molecule has 0 aliphatic rings. The Bertz CT molecular complexity index is 507. The van der Waals surface area contributed by atoms with Gasteiger partial charge in [-0.25, -0.2) is 4.39 Å². The maximum absolute atomic E-state index is 12.9. The third-order valence-corrected chi connectivity index (χ3v) is 3.77. The lowest BCUT2D eigenvalue weighted by Gasteiger charge is -2.17. The van der Waals surface area contributed by atoms with Crippen LogP contribution in [0.2, 0.25) is 0 Å². The van der Waals surface area contributed by atoms with E-state index >= 15 is 0 Å². The van der Waals surface area contributed by atoms with E-state index in [1.54, 1.807) is 0 Å². The van der Waals surface area contributed by atoms with Crippen LogP contribution in [0.15, 0.2) is 54.6 Å². The topological polar surface area (TPSA) is 12.0 Å². The van der Waals surface area contributed by atoms with Gasteiger partial charge in [0.1, 0.15) is 5.82 Å². The molecule has 2 unspecified atom stereocenters. The van der Waals surface area contributed by atoms with Crippen molar-refractivity contribution in [1.29, 1.82) is 0 Å². The van der Waals surface area contributed by atoms with Crippen LogP contribution in [-0.2, 0) is 0 Å². The minimum Gasteiger partial charge on any atom is -0.310 e. The summed E-state index contributed by atoms with van der Waals surface area (Å²) in [5, 5.41) is 3.50. The quantitative estimate of drug-likeness (QED) is 0.805. The van der Waals surface area contributed by atoms with Crippen molar-refractivity contribution in [1.82, 2.24) is 5.32 Å². The monoisotopic (exact) mass is 271 g/mol. The van der Waals surface area contributed by atoms with Crippen molar-refractivity contribution in [3.8, 4) is 0 Å². The molecule has 0 spiro atoms. The molecule has 0 fully saturated rings. The third kappa shape index (κ3) is 4.17. The molecule has 0 aliphatic heterocycles. The Balaban J connectivity index is 1.79. The SMILES string of the molecule is CC(CCNC(C)c1ccc(F)cc1)c1ccccc1. The molecule has 1 N–H and O–H groups in total. The first-order chi connectivity index (χ1) is 9.66. The van der Waals surface area contributed by atoms with Crippen molar-refractivity contribution in [3.05, 3.63) is 71.5 Å². The molecular weight excluding hydrogens is 249 g/mol. The number of nitrogens with one attached hydrogen (secondary N) is 1. The Kier molecular flexibility index (Phi) is 5.31. The molecule has 0 radical (unpaired) electrons. The van der Waals surface area contributed by atoms with Crippen molar-refractivity contribution in [2.75, 3.05) is 6.54 Å². The van der Waals surface area contributed by atoms with E-state index in [0.29, 0.717) is 5.92 Å². The number of halogens is 1. The van der Waals surface area contributed by atoms with Gasteiger partial charge in [-0.2, -0.15) is 0 Å². The zero-order valence-corrected chi connectivity index (χ0v) is 12.1. The highest BCUT2D eigenvalue weighted by Crippen LogP contribution is 2.19. The van der Waals surface area contributed by atoms with Gasteiger partial charge in [0.2, 0.25) is 0 Å². The van der Waals surface area contributed by atoms with Gasteiger partial charge in [-0.05, 0) is 49.1 Å². The summed E-state index contributed by atoms with van der Waals surface area (Å²) in [6, 6.07) is 17.5. The lowest BCUT2D eigenvalue weighted by atomic mass is 9.98. The highest BCUT2D eigenvalue weighted by molar-refractivity contribution is 5.20. The number of hydrogen-bond acceptors (Lipinski definition) is 1. The summed E-state index contributed by atoms with van der Waals surface area (Å²) < 4.78 is 12.9. The molecule has 0 heterocycles. The van der Waals surface area contributed by atoms with Crippen LogP contribution >= 0.6 is 0 Å². The molecule has 1 nitrogen and oxygen atoms in total. The van der Waals surface area contributed by atoms with Gasteiger partial charge in [-0.3, -0.25) is 0 Å². The smallest absolute Gasteiger partial charge is 0.123 e. The van der Waals surface area contributed by atoms with Gasteiger partial charge in [0.15, 0.2) is 0 Å². The van der Waals surface area contributed by atoms with E-state index in [1.807, 2.05) is 18.2 Å². The molecule has 0 amide bonds. The van der Waals surface area contributed by atoms with Crippen molar-refractivity contribution in [2.45, 2.75) is 32.2 Å². The fraction of sp³-hybridized carbons (Fsp3) is 0.333. The lowest BCUT2D eigenvalue weighted by molar-refractivity contribution is 0.530. The zero-order chi connectivity index (χ0) is 14.4. The average Bonchev–Trinajstić information content (AvgIpc) is 2.48. The van der Waals surface area contributed by atoms with E-state index in [-0.39, 0.29) is 11.9 Å². The van der Waals surface area contributed by atoms with Crippen LogP contribution in [0.1, 0.15) is 43.4 Å². The summed E-state index contributed by atoms with van der Waals surface area (Å²) in [5.41, 5.74) is 2.50. The summed E-state index contributed by atoms with van der Waals surface area (Å²) in [6.07, 6.45) is 1.09. The van der Waals surface area contributed by atoms with Gasteiger partial charge < -0.3 is 5.32 Å². The van der Waals surface area contributed by atoms with Crippen LogP contribution in [0.25, 0.3) is 0 Å². The molecule has 2 rings (SSSR count). The van der Waals surface area contributed by atoms with Gasteiger partial charge in [0, 0.05) is 6.04 Å². The van der Waals surface area contributed by atoms with Crippen molar-refractivity contribution in [2.24, 2.45) is 0 Å². The maximum Gasteiger partial charge on any atom is 0.123 e. The van der Waals surface area contributed by atoms with E-state index in [9.17, 15) is 4.39 Å².